The zero-order valence-electron chi connectivity index (χ0n) is 6.54. The zero-order valence-corrected chi connectivity index (χ0v) is 6.54. The highest BCUT2D eigenvalue weighted by Gasteiger charge is 2.06. The Morgan fingerprint density at radius 2 is 2.55 bits per heavy atom. The molecule has 1 unspecified atom stereocenters. The fraction of sp³-hybridized carbons (Fsp3) is 0.571. The number of aryl methyl sites for hydroxylation is 1. The van der Waals surface area contributed by atoms with E-state index < -0.39 is 6.10 Å². The van der Waals surface area contributed by atoms with Crippen molar-refractivity contribution in [1.82, 2.24) is 10.2 Å². The quantitative estimate of drug-likeness (QED) is 0.555. The summed E-state index contributed by atoms with van der Waals surface area (Å²) < 4.78 is 0. The van der Waals surface area contributed by atoms with E-state index in [0.29, 0.717) is 13.0 Å². The fourth-order valence-corrected chi connectivity index (χ4v) is 0.919. The van der Waals surface area contributed by atoms with Crippen molar-refractivity contribution in [3.63, 3.8) is 0 Å². The number of aromatic amines is 1. The summed E-state index contributed by atoms with van der Waals surface area (Å²) >= 11 is 0. The molecule has 0 radical (unpaired) electrons. The van der Waals surface area contributed by atoms with Crippen LogP contribution in [0.2, 0.25) is 0 Å². The second kappa shape index (κ2) is 3.50. The number of nitrogens with two attached hydrogens (primary N) is 1. The summed E-state index contributed by atoms with van der Waals surface area (Å²) in [6, 6.07) is 0. The molecule has 0 fully saturated rings. The van der Waals surface area contributed by atoms with Gasteiger partial charge >= 0.3 is 0 Å². The molecule has 0 aliphatic heterocycles. The average Bonchev–Trinajstić information content (AvgIpc) is 2.37. The van der Waals surface area contributed by atoms with E-state index >= 15 is 0 Å². The van der Waals surface area contributed by atoms with E-state index in [4.69, 9.17) is 5.73 Å². The van der Waals surface area contributed by atoms with Crippen LogP contribution in [0.1, 0.15) is 11.3 Å². The maximum Gasteiger partial charge on any atom is 0.0703 e. The van der Waals surface area contributed by atoms with Crippen molar-refractivity contribution in [3.05, 3.63) is 17.5 Å². The summed E-state index contributed by atoms with van der Waals surface area (Å²) in [6.07, 6.45) is 1.85. The molecule has 0 aliphatic carbocycles. The fourth-order valence-electron chi connectivity index (χ4n) is 0.919. The van der Waals surface area contributed by atoms with Crippen molar-refractivity contribution in [1.29, 1.82) is 0 Å². The number of nitrogens with zero attached hydrogens (tertiary/aromatic N) is 1. The van der Waals surface area contributed by atoms with Crippen LogP contribution >= 0.6 is 0 Å². The first-order valence-electron chi connectivity index (χ1n) is 3.61. The molecule has 1 heterocycles. The first-order valence-corrected chi connectivity index (χ1v) is 3.61. The molecule has 0 saturated heterocycles. The van der Waals surface area contributed by atoms with Gasteiger partial charge in [0.05, 0.1) is 12.3 Å². The topological polar surface area (TPSA) is 74.9 Å². The average molecular weight is 155 g/mol. The predicted octanol–water partition coefficient (Wildman–Crippen LogP) is -0.420. The molecular weight excluding hydrogens is 142 g/mol. The van der Waals surface area contributed by atoms with Crippen LogP contribution in [-0.4, -0.2) is 28.0 Å². The van der Waals surface area contributed by atoms with E-state index in [1.807, 2.05) is 6.92 Å². The van der Waals surface area contributed by atoms with E-state index in [-0.39, 0.29) is 0 Å². The van der Waals surface area contributed by atoms with Gasteiger partial charge in [0.2, 0.25) is 0 Å². The van der Waals surface area contributed by atoms with Gasteiger partial charge in [-0.1, -0.05) is 0 Å². The Bertz CT molecular complexity index is 221. The van der Waals surface area contributed by atoms with Gasteiger partial charge in [-0.15, -0.1) is 0 Å². The number of aliphatic hydroxyl groups excluding tert-OH is 1. The molecule has 0 aromatic carbocycles. The molecule has 4 heteroatoms. The van der Waals surface area contributed by atoms with Gasteiger partial charge in [0.1, 0.15) is 0 Å². The van der Waals surface area contributed by atoms with Crippen LogP contribution in [0.25, 0.3) is 0 Å². The van der Waals surface area contributed by atoms with Gasteiger partial charge in [-0.25, -0.2) is 0 Å². The molecule has 4 nitrogen and oxygen atoms in total. The van der Waals surface area contributed by atoms with Gasteiger partial charge in [0, 0.05) is 18.7 Å². The zero-order chi connectivity index (χ0) is 8.27. The van der Waals surface area contributed by atoms with Crippen LogP contribution in [0.15, 0.2) is 6.20 Å². The van der Waals surface area contributed by atoms with E-state index in [1.165, 1.54) is 0 Å². The molecule has 4 N–H and O–H groups in total. The van der Waals surface area contributed by atoms with Gasteiger partial charge in [0.15, 0.2) is 0 Å². The summed E-state index contributed by atoms with van der Waals surface area (Å²) in [6.45, 7) is 2.22. The monoisotopic (exact) mass is 155 g/mol. The van der Waals surface area contributed by atoms with E-state index in [0.717, 1.165) is 11.3 Å². The minimum Gasteiger partial charge on any atom is -0.391 e. The van der Waals surface area contributed by atoms with Crippen LogP contribution < -0.4 is 5.73 Å². The molecule has 1 rings (SSSR count). The molecule has 1 aromatic rings. The molecule has 0 bridgehead atoms. The van der Waals surface area contributed by atoms with Crippen molar-refractivity contribution >= 4 is 0 Å². The Hall–Kier alpha value is -0.870. The number of aliphatic hydroxyl groups is 1. The van der Waals surface area contributed by atoms with Crippen LogP contribution in [0.5, 0.6) is 0 Å². The van der Waals surface area contributed by atoms with Gasteiger partial charge in [-0.3, -0.25) is 5.10 Å². The Kier molecular flexibility index (Phi) is 2.62. The van der Waals surface area contributed by atoms with Crippen LogP contribution in [0.4, 0.5) is 0 Å². The summed E-state index contributed by atoms with van der Waals surface area (Å²) in [7, 11) is 0. The van der Waals surface area contributed by atoms with Crippen molar-refractivity contribution in [2.24, 2.45) is 5.73 Å². The standard InChI is InChI=1S/C7H13N3O/c1-5-6(4-9-10-5)2-7(11)3-8/h4,7,11H,2-3,8H2,1H3,(H,9,10). The second-order valence-corrected chi connectivity index (χ2v) is 2.61. The summed E-state index contributed by atoms with van der Waals surface area (Å²) in [5.41, 5.74) is 7.29. The number of aromatic nitrogens is 2. The van der Waals surface area contributed by atoms with Crippen molar-refractivity contribution in [3.8, 4) is 0 Å². The number of rotatable bonds is 3. The normalized spacial score (nSPS) is 13.4. The summed E-state index contributed by atoms with van der Waals surface area (Å²) in [5.74, 6) is 0. The summed E-state index contributed by atoms with van der Waals surface area (Å²) in [4.78, 5) is 0. The van der Waals surface area contributed by atoms with Crippen molar-refractivity contribution in [2.45, 2.75) is 19.4 Å². The maximum atomic E-state index is 9.19. The third kappa shape index (κ3) is 2.03. The molecule has 0 aliphatic rings. The molecule has 1 atom stereocenters. The lowest BCUT2D eigenvalue weighted by molar-refractivity contribution is 0.183. The third-order valence-corrected chi connectivity index (χ3v) is 1.66. The van der Waals surface area contributed by atoms with Crippen LogP contribution in [0.3, 0.4) is 0 Å². The Labute approximate surface area is 65.4 Å². The van der Waals surface area contributed by atoms with E-state index in [1.54, 1.807) is 6.20 Å². The van der Waals surface area contributed by atoms with Gasteiger partial charge in [-0.05, 0) is 12.5 Å². The number of nitrogens with one attached hydrogen (secondary N) is 1. The summed E-state index contributed by atoms with van der Waals surface area (Å²) in [5, 5.41) is 15.8. The number of hydrogen-bond donors (Lipinski definition) is 3. The lowest BCUT2D eigenvalue weighted by atomic mass is 10.1. The predicted molar refractivity (Wildman–Crippen MR) is 42.1 cm³/mol. The number of H-pyrrole nitrogens is 1. The van der Waals surface area contributed by atoms with Crippen LogP contribution in [0, 0.1) is 6.92 Å². The van der Waals surface area contributed by atoms with E-state index in [2.05, 4.69) is 10.2 Å². The lowest BCUT2D eigenvalue weighted by Crippen LogP contribution is -2.22. The van der Waals surface area contributed by atoms with Gasteiger partial charge < -0.3 is 10.8 Å². The van der Waals surface area contributed by atoms with Gasteiger partial charge in [0.25, 0.3) is 0 Å². The minimum atomic E-state index is -0.453. The SMILES string of the molecule is Cc1[nH]ncc1CC(O)CN. The first-order chi connectivity index (χ1) is 5.24. The van der Waals surface area contributed by atoms with Crippen molar-refractivity contribution in [2.75, 3.05) is 6.54 Å². The highest BCUT2D eigenvalue weighted by Crippen LogP contribution is 2.05. The number of hydrogen-bond acceptors (Lipinski definition) is 3. The molecule has 0 saturated carbocycles. The first kappa shape index (κ1) is 8.23. The molecule has 62 valence electrons. The Balaban J connectivity index is 2.56. The molecule has 0 amide bonds. The Morgan fingerprint density at radius 1 is 1.82 bits per heavy atom. The van der Waals surface area contributed by atoms with E-state index in [9.17, 15) is 5.11 Å². The Morgan fingerprint density at radius 3 is 3.00 bits per heavy atom. The lowest BCUT2D eigenvalue weighted by Gasteiger charge is -2.05. The molecule has 0 spiro atoms. The maximum absolute atomic E-state index is 9.19. The second-order valence-electron chi connectivity index (χ2n) is 2.61. The smallest absolute Gasteiger partial charge is 0.0703 e. The highest BCUT2D eigenvalue weighted by molar-refractivity contribution is 5.15. The molecular formula is C7H13N3O. The van der Waals surface area contributed by atoms with Crippen LogP contribution in [-0.2, 0) is 6.42 Å². The van der Waals surface area contributed by atoms with Crippen molar-refractivity contribution < 1.29 is 5.11 Å². The molecule has 1 aromatic heterocycles. The van der Waals surface area contributed by atoms with Gasteiger partial charge in [-0.2, -0.15) is 5.10 Å². The third-order valence-electron chi connectivity index (χ3n) is 1.66. The highest BCUT2D eigenvalue weighted by atomic mass is 16.3. The minimum absolute atomic E-state index is 0.296. The molecule has 11 heavy (non-hydrogen) atoms. The largest absolute Gasteiger partial charge is 0.391 e.